The highest BCUT2D eigenvalue weighted by Crippen LogP contribution is 2.32. The SMILES string of the molecule is CO/N=C(\C(=O)OC)C1=C(COc2cccc(OCc3ccccc3)c2)CC(C)=C(C)C1. The molecule has 0 saturated carbocycles. The number of hydrogen-bond donors (Lipinski definition) is 0. The number of carbonyl (C=O) groups excluding carboxylic acids is 1. The molecular weight excluding hydrogens is 406 g/mol. The summed E-state index contributed by atoms with van der Waals surface area (Å²) < 4.78 is 16.9. The van der Waals surface area contributed by atoms with E-state index < -0.39 is 5.97 Å². The third-order valence-corrected chi connectivity index (χ3v) is 5.39. The lowest BCUT2D eigenvalue weighted by Gasteiger charge is -2.23. The predicted octanol–water partition coefficient (Wildman–Crippen LogP) is 5.25. The van der Waals surface area contributed by atoms with Gasteiger partial charge in [0.25, 0.3) is 0 Å². The molecule has 0 fully saturated rings. The molecule has 0 N–H and O–H groups in total. The number of allylic oxidation sites excluding steroid dienone is 2. The van der Waals surface area contributed by atoms with E-state index in [-0.39, 0.29) is 5.71 Å². The molecule has 2 aromatic rings. The maximum Gasteiger partial charge on any atom is 0.360 e. The highest BCUT2D eigenvalue weighted by atomic mass is 16.6. The van der Waals surface area contributed by atoms with Crippen LogP contribution in [0.25, 0.3) is 0 Å². The second-order valence-corrected chi connectivity index (χ2v) is 7.65. The fourth-order valence-corrected chi connectivity index (χ4v) is 3.48. The number of hydrogen-bond acceptors (Lipinski definition) is 6. The summed E-state index contributed by atoms with van der Waals surface area (Å²) in [4.78, 5) is 17.2. The number of ether oxygens (including phenoxy) is 3. The molecule has 0 heterocycles. The fourth-order valence-electron chi connectivity index (χ4n) is 3.48. The lowest BCUT2D eigenvalue weighted by molar-refractivity contribution is -0.132. The Labute approximate surface area is 189 Å². The van der Waals surface area contributed by atoms with Crippen molar-refractivity contribution in [3.8, 4) is 11.5 Å². The molecule has 0 atom stereocenters. The Bertz CT molecular complexity index is 1040. The Balaban J connectivity index is 1.75. The summed E-state index contributed by atoms with van der Waals surface area (Å²) >= 11 is 0. The van der Waals surface area contributed by atoms with Crippen molar-refractivity contribution in [3.63, 3.8) is 0 Å². The zero-order valence-electron chi connectivity index (χ0n) is 19.0. The van der Waals surface area contributed by atoms with Crippen LogP contribution in [0.1, 0.15) is 32.3 Å². The van der Waals surface area contributed by atoms with Gasteiger partial charge in [-0.3, -0.25) is 0 Å². The van der Waals surface area contributed by atoms with Gasteiger partial charge < -0.3 is 19.0 Å². The Morgan fingerprint density at radius 1 is 0.875 bits per heavy atom. The average molecular weight is 436 g/mol. The van der Waals surface area contributed by atoms with E-state index >= 15 is 0 Å². The number of carbonyl (C=O) groups is 1. The molecule has 6 nitrogen and oxygen atoms in total. The first kappa shape index (κ1) is 23.1. The van der Waals surface area contributed by atoms with Gasteiger partial charge in [-0.2, -0.15) is 0 Å². The van der Waals surface area contributed by atoms with Gasteiger partial charge in [0.05, 0.1) is 7.11 Å². The summed E-state index contributed by atoms with van der Waals surface area (Å²) in [5, 5.41) is 3.94. The van der Waals surface area contributed by atoms with Gasteiger partial charge in [-0.1, -0.05) is 52.7 Å². The quantitative estimate of drug-likeness (QED) is 0.233. The molecule has 0 aromatic heterocycles. The largest absolute Gasteiger partial charge is 0.489 e. The monoisotopic (exact) mass is 435 g/mol. The molecular formula is C26H29NO5. The van der Waals surface area contributed by atoms with Crippen LogP contribution in [0, 0.1) is 0 Å². The van der Waals surface area contributed by atoms with Gasteiger partial charge >= 0.3 is 5.97 Å². The number of nitrogens with zero attached hydrogens (tertiary/aromatic N) is 1. The van der Waals surface area contributed by atoms with E-state index in [1.165, 1.54) is 25.4 Å². The van der Waals surface area contributed by atoms with Gasteiger partial charge in [0.2, 0.25) is 0 Å². The maximum absolute atomic E-state index is 12.3. The molecule has 32 heavy (non-hydrogen) atoms. The standard InChI is InChI=1S/C26H29NO5/c1-18-13-21(24(14-19(18)2)25(27-30-4)26(28)29-3)17-32-23-12-8-11-22(15-23)31-16-20-9-6-5-7-10-20/h5-12,15H,13-14,16-17H2,1-4H3/b27-25-. The smallest absolute Gasteiger partial charge is 0.360 e. The molecule has 0 unspecified atom stereocenters. The fraction of sp³-hybridized carbons (Fsp3) is 0.308. The summed E-state index contributed by atoms with van der Waals surface area (Å²) in [5.74, 6) is 0.893. The molecule has 3 rings (SSSR count). The van der Waals surface area contributed by atoms with Gasteiger partial charge in [-0.15, -0.1) is 0 Å². The molecule has 0 amide bonds. The maximum atomic E-state index is 12.3. The van der Waals surface area contributed by atoms with E-state index in [1.807, 2.05) is 54.6 Å². The highest BCUT2D eigenvalue weighted by molar-refractivity contribution is 6.43. The molecule has 1 aliphatic rings. The van der Waals surface area contributed by atoms with Crippen LogP contribution in [0.4, 0.5) is 0 Å². The van der Waals surface area contributed by atoms with Crippen LogP contribution in [-0.4, -0.2) is 32.5 Å². The van der Waals surface area contributed by atoms with E-state index in [0.717, 1.165) is 22.5 Å². The molecule has 2 aromatic carbocycles. The Morgan fingerprint density at radius 3 is 2.19 bits per heavy atom. The molecule has 6 heteroatoms. The van der Waals surface area contributed by atoms with E-state index in [4.69, 9.17) is 19.0 Å². The Kier molecular flexibility index (Phi) is 8.08. The van der Waals surface area contributed by atoms with Crippen molar-refractivity contribution in [2.75, 3.05) is 20.8 Å². The van der Waals surface area contributed by atoms with Crippen LogP contribution in [0.5, 0.6) is 11.5 Å². The average Bonchev–Trinajstić information content (AvgIpc) is 2.82. The minimum absolute atomic E-state index is 0.181. The van der Waals surface area contributed by atoms with Gasteiger partial charge in [0.15, 0.2) is 5.71 Å². The lowest BCUT2D eigenvalue weighted by Crippen LogP contribution is -2.24. The van der Waals surface area contributed by atoms with E-state index in [1.54, 1.807) is 0 Å². The normalized spacial score (nSPS) is 14.3. The second-order valence-electron chi connectivity index (χ2n) is 7.65. The van der Waals surface area contributed by atoms with E-state index in [2.05, 4.69) is 19.0 Å². The van der Waals surface area contributed by atoms with Crippen molar-refractivity contribution in [2.24, 2.45) is 5.16 Å². The lowest BCUT2D eigenvalue weighted by atomic mass is 9.85. The molecule has 1 aliphatic carbocycles. The van der Waals surface area contributed by atoms with Crippen LogP contribution in [0.2, 0.25) is 0 Å². The van der Waals surface area contributed by atoms with Crippen molar-refractivity contribution in [3.05, 3.63) is 82.5 Å². The van der Waals surface area contributed by atoms with Crippen LogP contribution in [-0.2, 0) is 21.0 Å². The number of rotatable bonds is 9. The van der Waals surface area contributed by atoms with Crippen molar-refractivity contribution < 1.29 is 23.8 Å². The van der Waals surface area contributed by atoms with Crippen molar-refractivity contribution in [1.29, 1.82) is 0 Å². The van der Waals surface area contributed by atoms with Crippen molar-refractivity contribution in [1.82, 2.24) is 0 Å². The third kappa shape index (κ3) is 6.00. The summed E-state index contributed by atoms with van der Waals surface area (Å²) in [6, 6.07) is 17.5. The van der Waals surface area contributed by atoms with Crippen molar-refractivity contribution >= 4 is 11.7 Å². The minimum atomic E-state index is -0.525. The van der Waals surface area contributed by atoms with Gasteiger partial charge in [0, 0.05) is 6.07 Å². The first-order chi connectivity index (χ1) is 15.5. The Hall–Kier alpha value is -3.54. The topological polar surface area (TPSA) is 66.4 Å². The van der Waals surface area contributed by atoms with Crippen molar-refractivity contribution in [2.45, 2.75) is 33.3 Å². The minimum Gasteiger partial charge on any atom is -0.489 e. The Morgan fingerprint density at radius 2 is 1.53 bits per heavy atom. The second kappa shape index (κ2) is 11.2. The molecule has 0 saturated heterocycles. The molecule has 0 bridgehead atoms. The first-order valence-corrected chi connectivity index (χ1v) is 10.5. The summed E-state index contributed by atoms with van der Waals surface area (Å²) in [6.45, 7) is 4.96. The predicted molar refractivity (Wildman–Crippen MR) is 124 cm³/mol. The van der Waals surface area contributed by atoms with Crippen LogP contribution >= 0.6 is 0 Å². The summed E-state index contributed by atoms with van der Waals surface area (Å²) in [6.07, 6.45) is 1.30. The summed E-state index contributed by atoms with van der Waals surface area (Å²) in [5.41, 5.74) is 5.51. The molecule has 0 aliphatic heterocycles. The van der Waals surface area contributed by atoms with Gasteiger partial charge in [0.1, 0.15) is 31.8 Å². The number of oxime groups is 1. The summed E-state index contributed by atoms with van der Waals surface area (Å²) in [7, 11) is 2.75. The third-order valence-electron chi connectivity index (χ3n) is 5.39. The highest BCUT2D eigenvalue weighted by Gasteiger charge is 2.26. The van der Waals surface area contributed by atoms with Crippen LogP contribution in [0.3, 0.4) is 0 Å². The number of esters is 1. The number of benzene rings is 2. The van der Waals surface area contributed by atoms with Gasteiger partial charge in [-0.25, -0.2) is 4.79 Å². The molecule has 0 radical (unpaired) electrons. The first-order valence-electron chi connectivity index (χ1n) is 10.5. The zero-order valence-corrected chi connectivity index (χ0v) is 19.0. The van der Waals surface area contributed by atoms with E-state index in [9.17, 15) is 4.79 Å². The van der Waals surface area contributed by atoms with Crippen LogP contribution in [0.15, 0.2) is 82.0 Å². The molecule has 0 spiro atoms. The zero-order chi connectivity index (χ0) is 22.9. The van der Waals surface area contributed by atoms with Gasteiger partial charge in [-0.05, 0) is 55.5 Å². The van der Waals surface area contributed by atoms with E-state index in [0.29, 0.717) is 31.8 Å². The van der Waals surface area contributed by atoms with Crippen LogP contribution < -0.4 is 9.47 Å². The molecule has 168 valence electrons. The number of methoxy groups -OCH3 is 1.